The average Bonchev–Trinajstić information content (AvgIpc) is 2.38. The Morgan fingerprint density at radius 3 is 3.00 bits per heavy atom. The highest BCUT2D eigenvalue weighted by Crippen LogP contribution is 2.39. The van der Waals surface area contributed by atoms with E-state index in [0.29, 0.717) is 30.7 Å². The molecule has 0 aliphatic carbocycles. The molecule has 0 radical (unpaired) electrons. The van der Waals surface area contributed by atoms with Crippen molar-refractivity contribution in [1.29, 1.82) is 0 Å². The van der Waals surface area contributed by atoms with Crippen LogP contribution in [0.1, 0.15) is 36.4 Å². The first-order valence-corrected chi connectivity index (χ1v) is 6.36. The second-order valence-corrected chi connectivity index (χ2v) is 4.93. The molecule has 2 aliphatic rings. The molecule has 1 saturated heterocycles. The Hall–Kier alpha value is -1.58. The van der Waals surface area contributed by atoms with Gasteiger partial charge in [0.15, 0.2) is 0 Å². The lowest BCUT2D eigenvalue weighted by molar-refractivity contribution is -0.137. The molecule has 1 aromatic rings. The van der Waals surface area contributed by atoms with Gasteiger partial charge in [0.2, 0.25) is 5.91 Å². The quantitative estimate of drug-likeness (QED) is 0.765. The third kappa shape index (κ3) is 1.67. The highest BCUT2D eigenvalue weighted by molar-refractivity contribution is 5.78. The van der Waals surface area contributed by atoms with Crippen molar-refractivity contribution < 1.29 is 13.9 Å². The zero-order valence-electron chi connectivity index (χ0n) is 10.4. The first-order chi connectivity index (χ1) is 8.70. The van der Waals surface area contributed by atoms with Crippen molar-refractivity contribution >= 4 is 5.91 Å². The molecule has 0 N–H and O–H groups in total. The zero-order valence-corrected chi connectivity index (χ0v) is 10.4. The van der Waals surface area contributed by atoms with Crippen molar-refractivity contribution in [2.45, 2.75) is 31.7 Å². The fraction of sp³-hybridized carbons (Fsp3) is 0.500. The molecule has 1 atom stereocenters. The Morgan fingerprint density at radius 1 is 1.39 bits per heavy atom. The Labute approximate surface area is 106 Å². The Morgan fingerprint density at radius 2 is 2.22 bits per heavy atom. The van der Waals surface area contributed by atoms with Gasteiger partial charge < -0.3 is 9.64 Å². The SMILES string of the molecule is COc1cc(F)c2c(c1)CCN1C(=O)CCCC21. The van der Waals surface area contributed by atoms with Gasteiger partial charge in [-0.05, 0) is 30.9 Å². The van der Waals surface area contributed by atoms with E-state index < -0.39 is 0 Å². The van der Waals surface area contributed by atoms with E-state index in [9.17, 15) is 9.18 Å². The molecule has 0 aromatic heterocycles. The number of carbonyl (C=O) groups excluding carboxylic acids is 1. The third-order valence-electron chi connectivity index (χ3n) is 3.94. The normalized spacial score (nSPS) is 22.4. The van der Waals surface area contributed by atoms with Crippen LogP contribution in [-0.4, -0.2) is 24.5 Å². The molecule has 96 valence electrons. The number of hydrogen-bond acceptors (Lipinski definition) is 2. The van der Waals surface area contributed by atoms with E-state index in [1.165, 1.54) is 6.07 Å². The summed E-state index contributed by atoms with van der Waals surface area (Å²) in [4.78, 5) is 13.7. The number of nitrogens with zero attached hydrogens (tertiary/aromatic N) is 1. The van der Waals surface area contributed by atoms with E-state index in [1.54, 1.807) is 7.11 Å². The fourth-order valence-electron chi connectivity index (χ4n) is 3.09. The molecule has 0 bridgehead atoms. The third-order valence-corrected chi connectivity index (χ3v) is 3.94. The minimum absolute atomic E-state index is 0.0686. The number of methoxy groups -OCH3 is 1. The van der Waals surface area contributed by atoms with Crippen molar-refractivity contribution in [3.05, 3.63) is 29.1 Å². The summed E-state index contributed by atoms with van der Waals surface area (Å²) in [6.07, 6.45) is 3.03. The van der Waals surface area contributed by atoms with Crippen LogP contribution >= 0.6 is 0 Å². The summed E-state index contributed by atoms with van der Waals surface area (Å²) in [5, 5.41) is 0. The van der Waals surface area contributed by atoms with Crippen LogP contribution in [0.5, 0.6) is 5.75 Å². The molecular weight excluding hydrogens is 233 g/mol. The standard InChI is InChI=1S/C14H16FNO2/c1-18-10-7-9-5-6-16-12(3-2-4-13(16)17)14(9)11(15)8-10/h7-8,12H,2-6H2,1H3. The van der Waals surface area contributed by atoms with Crippen LogP contribution in [-0.2, 0) is 11.2 Å². The maximum atomic E-state index is 14.2. The van der Waals surface area contributed by atoms with Crippen LogP contribution in [0, 0.1) is 5.82 Å². The molecule has 3 rings (SSSR count). The predicted molar refractivity (Wildman–Crippen MR) is 65.0 cm³/mol. The van der Waals surface area contributed by atoms with E-state index in [4.69, 9.17) is 4.74 Å². The number of fused-ring (bicyclic) bond motifs is 3. The summed E-state index contributed by atoms with van der Waals surface area (Å²) >= 11 is 0. The number of rotatable bonds is 1. The van der Waals surface area contributed by atoms with Crippen molar-refractivity contribution in [2.75, 3.05) is 13.7 Å². The lowest BCUT2D eigenvalue weighted by atomic mass is 9.86. The van der Waals surface area contributed by atoms with Crippen LogP contribution in [0.4, 0.5) is 4.39 Å². The van der Waals surface area contributed by atoms with Crippen LogP contribution < -0.4 is 4.74 Å². The van der Waals surface area contributed by atoms with Gasteiger partial charge in [-0.15, -0.1) is 0 Å². The topological polar surface area (TPSA) is 29.5 Å². The maximum Gasteiger partial charge on any atom is 0.223 e. The first kappa shape index (κ1) is 11.5. The summed E-state index contributed by atoms with van der Waals surface area (Å²) in [6, 6.07) is 3.25. The van der Waals surface area contributed by atoms with Crippen LogP contribution in [0.2, 0.25) is 0 Å². The highest BCUT2D eigenvalue weighted by Gasteiger charge is 2.35. The van der Waals surface area contributed by atoms with Crippen LogP contribution in [0.3, 0.4) is 0 Å². The molecule has 2 heterocycles. The number of piperidine rings is 1. The van der Waals surface area contributed by atoms with E-state index in [2.05, 4.69) is 0 Å². The second-order valence-electron chi connectivity index (χ2n) is 4.93. The minimum Gasteiger partial charge on any atom is -0.497 e. The number of hydrogen-bond donors (Lipinski definition) is 0. The van der Waals surface area contributed by atoms with Gasteiger partial charge in [-0.25, -0.2) is 4.39 Å². The largest absolute Gasteiger partial charge is 0.497 e. The van der Waals surface area contributed by atoms with E-state index in [-0.39, 0.29) is 17.8 Å². The van der Waals surface area contributed by atoms with Crippen molar-refractivity contribution in [3.63, 3.8) is 0 Å². The van der Waals surface area contributed by atoms with E-state index in [0.717, 1.165) is 18.4 Å². The van der Waals surface area contributed by atoms with Gasteiger partial charge in [-0.2, -0.15) is 0 Å². The summed E-state index contributed by atoms with van der Waals surface area (Å²) in [7, 11) is 1.54. The smallest absolute Gasteiger partial charge is 0.223 e. The molecule has 18 heavy (non-hydrogen) atoms. The lowest BCUT2D eigenvalue weighted by Gasteiger charge is -2.40. The van der Waals surface area contributed by atoms with E-state index >= 15 is 0 Å². The van der Waals surface area contributed by atoms with Gasteiger partial charge in [0.1, 0.15) is 11.6 Å². The molecule has 1 amide bonds. The lowest BCUT2D eigenvalue weighted by Crippen LogP contribution is -2.43. The van der Waals surface area contributed by atoms with Crippen molar-refractivity contribution in [1.82, 2.24) is 4.90 Å². The van der Waals surface area contributed by atoms with Gasteiger partial charge in [-0.3, -0.25) is 4.79 Å². The molecule has 4 heteroatoms. The predicted octanol–water partition coefficient (Wildman–Crippen LogP) is 2.44. The molecule has 0 spiro atoms. The van der Waals surface area contributed by atoms with Gasteiger partial charge in [-0.1, -0.05) is 0 Å². The Bertz CT molecular complexity index is 501. The molecule has 0 saturated carbocycles. The number of halogens is 1. The summed E-state index contributed by atoms with van der Waals surface area (Å²) in [5.74, 6) is 0.475. The molecular formula is C14H16FNO2. The van der Waals surface area contributed by atoms with Crippen molar-refractivity contribution in [2.24, 2.45) is 0 Å². The zero-order chi connectivity index (χ0) is 12.7. The number of benzene rings is 1. The summed E-state index contributed by atoms with van der Waals surface area (Å²) in [6.45, 7) is 0.698. The number of carbonyl (C=O) groups is 1. The number of ether oxygens (including phenoxy) is 1. The Balaban J connectivity index is 2.06. The Kier molecular flexibility index (Phi) is 2.73. The molecule has 1 fully saturated rings. The van der Waals surface area contributed by atoms with Gasteiger partial charge in [0, 0.05) is 24.6 Å². The summed E-state index contributed by atoms with van der Waals surface area (Å²) < 4.78 is 19.3. The second kappa shape index (κ2) is 4.26. The van der Waals surface area contributed by atoms with Gasteiger partial charge in [0.25, 0.3) is 0 Å². The monoisotopic (exact) mass is 249 g/mol. The van der Waals surface area contributed by atoms with Crippen LogP contribution in [0.25, 0.3) is 0 Å². The first-order valence-electron chi connectivity index (χ1n) is 6.36. The number of amides is 1. The van der Waals surface area contributed by atoms with Gasteiger partial charge in [0.05, 0.1) is 13.2 Å². The molecule has 3 nitrogen and oxygen atoms in total. The molecule has 1 aromatic carbocycles. The maximum absolute atomic E-state index is 14.2. The average molecular weight is 249 g/mol. The van der Waals surface area contributed by atoms with Gasteiger partial charge >= 0.3 is 0 Å². The summed E-state index contributed by atoms with van der Waals surface area (Å²) in [5.41, 5.74) is 1.69. The van der Waals surface area contributed by atoms with E-state index in [1.807, 2.05) is 11.0 Å². The fourth-order valence-corrected chi connectivity index (χ4v) is 3.09. The highest BCUT2D eigenvalue weighted by atomic mass is 19.1. The molecule has 1 unspecified atom stereocenters. The minimum atomic E-state index is -0.242. The van der Waals surface area contributed by atoms with Crippen LogP contribution in [0.15, 0.2) is 12.1 Å². The van der Waals surface area contributed by atoms with Crippen molar-refractivity contribution in [3.8, 4) is 5.75 Å². The molecule has 2 aliphatic heterocycles.